The van der Waals surface area contributed by atoms with E-state index in [9.17, 15) is 0 Å². The molecule has 0 aromatic heterocycles. The van der Waals surface area contributed by atoms with Gasteiger partial charge < -0.3 is 10.2 Å². The van der Waals surface area contributed by atoms with Gasteiger partial charge in [-0.05, 0) is 24.6 Å². The lowest BCUT2D eigenvalue weighted by molar-refractivity contribution is 0.564. The molecule has 0 spiro atoms. The molecule has 1 heterocycles. The Morgan fingerprint density at radius 3 is 3.00 bits per heavy atom. The summed E-state index contributed by atoms with van der Waals surface area (Å²) < 4.78 is 0. The number of benzene rings is 1. The highest BCUT2D eigenvalue weighted by molar-refractivity contribution is 6.33. The maximum absolute atomic E-state index is 6.20. The minimum Gasteiger partial charge on any atom is -0.369 e. The molecule has 1 fully saturated rings. The van der Waals surface area contributed by atoms with Crippen LogP contribution in [0.3, 0.4) is 0 Å². The summed E-state index contributed by atoms with van der Waals surface area (Å²) in [6, 6.07) is 8.08. The van der Waals surface area contributed by atoms with E-state index in [0.29, 0.717) is 5.92 Å². The third kappa shape index (κ3) is 2.64. The van der Waals surface area contributed by atoms with E-state index in [4.69, 9.17) is 11.6 Å². The monoisotopic (exact) mass is 224 g/mol. The van der Waals surface area contributed by atoms with Crippen LogP contribution in [-0.4, -0.2) is 26.2 Å². The summed E-state index contributed by atoms with van der Waals surface area (Å²) in [6.07, 6.45) is 0. The minimum absolute atomic E-state index is 0.670. The number of halogens is 1. The largest absolute Gasteiger partial charge is 0.369 e. The standard InChI is InChI=1S/C12H17ClN2/c1-10-8-14-6-7-15(9-10)12-5-3-2-4-11(12)13/h2-5,10,14H,6-9H2,1H3. The van der Waals surface area contributed by atoms with Gasteiger partial charge in [0.1, 0.15) is 0 Å². The molecular formula is C12H17ClN2. The molecule has 0 bridgehead atoms. The Hall–Kier alpha value is -0.730. The van der Waals surface area contributed by atoms with Crippen LogP contribution in [0.4, 0.5) is 5.69 Å². The van der Waals surface area contributed by atoms with E-state index in [2.05, 4.69) is 23.2 Å². The van der Waals surface area contributed by atoms with Gasteiger partial charge in [-0.1, -0.05) is 30.7 Å². The number of anilines is 1. The quantitative estimate of drug-likeness (QED) is 0.788. The summed E-state index contributed by atoms with van der Waals surface area (Å²) in [6.45, 7) is 6.52. The van der Waals surface area contributed by atoms with Crippen molar-refractivity contribution in [2.75, 3.05) is 31.1 Å². The van der Waals surface area contributed by atoms with Crippen LogP contribution in [0.5, 0.6) is 0 Å². The van der Waals surface area contributed by atoms with E-state index in [1.165, 1.54) is 0 Å². The third-order valence-electron chi connectivity index (χ3n) is 2.78. The van der Waals surface area contributed by atoms with Crippen LogP contribution in [0.15, 0.2) is 24.3 Å². The molecule has 2 rings (SSSR count). The lowest BCUT2D eigenvalue weighted by Gasteiger charge is -2.25. The summed E-state index contributed by atoms with van der Waals surface area (Å²) >= 11 is 6.20. The Morgan fingerprint density at radius 2 is 2.20 bits per heavy atom. The highest BCUT2D eigenvalue weighted by atomic mass is 35.5. The lowest BCUT2D eigenvalue weighted by atomic mass is 10.1. The van der Waals surface area contributed by atoms with Gasteiger partial charge in [0.15, 0.2) is 0 Å². The molecule has 1 N–H and O–H groups in total. The van der Waals surface area contributed by atoms with E-state index in [1.807, 2.05) is 18.2 Å². The average Bonchev–Trinajstić information content (AvgIpc) is 2.43. The molecule has 1 aromatic carbocycles. The van der Waals surface area contributed by atoms with Crippen molar-refractivity contribution >= 4 is 17.3 Å². The maximum Gasteiger partial charge on any atom is 0.0639 e. The van der Waals surface area contributed by atoms with Gasteiger partial charge in [0.2, 0.25) is 0 Å². The van der Waals surface area contributed by atoms with Crippen LogP contribution < -0.4 is 10.2 Å². The van der Waals surface area contributed by atoms with Gasteiger partial charge in [-0.2, -0.15) is 0 Å². The van der Waals surface area contributed by atoms with Crippen LogP contribution in [0.1, 0.15) is 6.92 Å². The molecule has 0 saturated carbocycles. The fraction of sp³-hybridized carbons (Fsp3) is 0.500. The van der Waals surface area contributed by atoms with E-state index in [-0.39, 0.29) is 0 Å². The summed E-state index contributed by atoms with van der Waals surface area (Å²) in [5.74, 6) is 0.670. The van der Waals surface area contributed by atoms with Gasteiger partial charge in [-0.15, -0.1) is 0 Å². The normalized spacial score (nSPS) is 22.5. The summed E-state index contributed by atoms with van der Waals surface area (Å²) in [7, 11) is 0. The highest BCUT2D eigenvalue weighted by Crippen LogP contribution is 2.26. The molecular weight excluding hydrogens is 208 g/mol. The van der Waals surface area contributed by atoms with Gasteiger partial charge in [0.05, 0.1) is 10.7 Å². The number of hydrogen-bond donors (Lipinski definition) is 1. The maximum atomic E-state index is 6.20. The van der Waals surface area contributed by atoms with Crippen molar-refractivity contribution in [3.63, 3.8) is 0 Å². The molecule has 1 atom stereocenters. The second-order valence-electron chi connectivity index (χ2n) is 4.21. The number of para-hydroxylation sites is 1. The Labute approximate surface area is 96.2 Å². The Kier molecular flexibility index (Phi) is 3.49. The van der Waals surface area contributed by atoms with Gasteiger partial charge >= 0.3 is 0 Å². The van der Waals surface area contributed by atoms with Crippen LogP contribution in [-0.2, 0) is 0 Å². The number of rotatable bonds is 1. The highest BCUT2D eigenvalue weighted by Gasteiger charge is 2.16. The molecule has 0 radical (unpaired) electrons. The van der Waals surface area contributed by atoms with Gasteiger partial charge in [0.25, 0.3) is 0 Å². The van der Waals surface area contributed by atoms with E-state index in [0.717, 1.165) is 36.9 Å². The first-order valence-corrected chi connectivity index (χ1v) is 5.85. The SMILES string of the molecule is CC1CNCCN(c2ccccc2Cl)C1. The fourth-order valence-corrected chi connectivity index (χ4v) is 2.28. The molecule has 1 saturated heterocycles. The van der Waals surface area contributed by atoms with Crippen molar-refractivity contribution in [1.29, 1.82) is 0 Å². The Morgan fingerprint density at radius 1 is 1.40 bits per heavy atom. The molecule has 1 aromatic rings. The predicted molar refractivity (Wildman–Crippen MR) is 65.7 cm³/mol. The topological polar surface area (TPSA) is 15.3 Å². The first kappa shape index (κ1) is 10.8. The molecule has 15 heavy (non-hydrogen) atoms. The van der Waals surface area contributed by atoms with Crippen LogP contribution >= 0.6 is 11.6 Å². The Bertz CT molecular complexity index is 327. The molecule has 82 valence electrons. The lowest BCUT2D eigenvalue weighted by Crippen LogP contribution is -2.29. The fourth-order valence-electron chi connectivity index (χ4n) is 2.02. The second-order valence-corrected chi connectivity index (χ2v) is 4.61. The number of nitrogens with zero attached hydrogens (tertiary/aromatic N) is 1. The second kappa shape index (κ2) is 4.86. The van der Waals surface area contributed by atoms with Gasteiger partial charge in [0, 0.05) is 19.6 Å². The zero-order valence-corrected chi connectivity index (χ0v) is 9.80. The van der Waals surface area contributed by atoms with Crippen LogP contribution in [0, 0.1) is 5.92 Å². The predicted octanol–water partition coefficient (Wildman–Crippen LogP) is 2.39. The van der Waals surface area contributed by atoms with Crippen molar-refractivity contribution in [2.24, 2.45) is 5.92 Å². The Balaban J connectivity index is 2.18. The van der Waals surface area contributed by atoms with Gasteiger partial charge in [-0.3, -0.25) is 0 Å². The summed E-state index contributed by atoms with van der Waals surface area (Å²) in [5, 5.41) is 4.28. The van der Waals surface area contributed by atoms with Crippen molar-refractivity contribution < 1.29 is 0 Å². The third-order valence-corrected chi connectivity index (χ3v) is 3.10. The zero-order valence-electron chi connectivity index (χ0n) is 9.04. The van der Waals surface area contributed by atoms with Crippen molar-refractivity contribution in [3.05, 3.63) is 29.3 Å². The summed E-state index contributed by atoms with van der Waals surface area (Å²) in [4.78, 5) is 2.37. The van der Waals surface area contributed by atoms with E-state index >= 15 is 0 Å². The first-order chi connectivity index (χ1) is 7.27. The molecule has 3 heteroatoms. The summed E-state index contributed by atoms with van der Waals surface area (Å²) in [5.41, 5.74) is 1.16. The number of nitrogens with one attached hydrogen (secondary N) is 1. The molecule has 2 nitrogen and oxygen atoms in total. The average molecular weight is 225 g/mol. The van der Waals surface area contributed by atoms with Crippen molar-refractivity contribution in [3.8, 4) is 0 Å². The number of hydrogen-bond acceptors (Lipinski definition) is 2. The molecule has 1 unspecified atom stereocenters. The molecule has 1 aliphatic rings. The van der Waals surface area contributed by atoms with E-state index in [1.54, 1.807) is 0 Å². The minimum atomic E-state index is 0.670. The van der Waals surface area contributed by atoms with Crippen LogP contribution in [0.2, 0.25) is 5.02 Å². The van der Waals surface area contributed by atoms with Crippen molar-refractivity contribution in [2.45, 2.75) is 6.92 Å². The first-order valence-electron chi connectivity index (χ1n) is 5.47. The van der Waals surface area contributed by atoms with E-state index < -0.39 is 0 Å². The smallest absolute Gasteiger partial charge is 0.0639 e. The molecule has 0 aliphatic carbocycles. The van der Waals surface area contributed by atoms with Crippen LogP contribution in [0.25, 0.3) is 0 Å². The zero-order chi connectivity index (χ0) is 10.7. The van der Waals surface area contributed by atoms with Gasteiger partial charge in [-0.25, -0.2) is 0 Å². The molecule has 0 amide bonds. The molecule has 1 aliphatic heterocycles. The van der Waals surface area contributed by atoms with Crippen molar-refractivity contribution in [1.82, 2.24) is 5.32 Å².